The number of carbonyl (C=O) groups excluding carboxylic acids is 2. The van der Waals surface area contributed by atoms with Gasteiger partial charge in [-0.3, -0.25) is 4.79 Å². The fourth-order valence-electron chi connectivity index (χ4n) is 0.596. The van der Waals surface area contributed by atoms with Crippen molar-refractivity contribution in [2.24, 2.45) is 0 Å². The Labute approximate surface area is 90.4 Å². The summed E-state index contributed by atoms with van der Waals surface area (Å²) in [5.41, 5.74) is 0. The normalized spacial score (nSPS) is 21.1. The largest absolute Gasteiger partial charge is 1.00 e. The van der Waals surface area contributed by atoms with Gasteiger partial charge in [-0.2, -0.15) is 0 Å². The summed E-state index contributed by atoms with van der Waals surface area (Å²) in [5.74, 6) is -1.16. The Morgan fingerprint density at radius 2 is 2.36 bits per heavy atom. The number of carbonyl (C=O) groups is 2. The van der Waals surface area contributed by atoms with Crippen molar-refractivity contribution in [2.45, 2.75) is 11.8 Å². The molecule has 1 rings (SSSR count). The second-order valence-electron chi connectivity index (χ2n) is 1.94. The van der Waals surface area contributed by atoms with Crippen LogP contribution in [0.25, 0.3) is 0 Å². The van der Waals surface area contributed by atoms with Crippen LogP contribution in [0.5, 0.6) is 0 Å². The molecule has 1 aliphatic rings. The van der Waals surface area contributed by atoms with Gasteiger partial charge in [0.1, 0.15) is 0 Å². The first-order chi connectivity index (χ1) is 4.68. The Bertz CT molecular complexity index is 167. The molecule has 0 aromatic heterocycles. The third-order valence-electron chi connectivity index (χ3n) is 1.10. The third kappa shape index (κ3) is 4.00. The molecule has 1 heterocycles. The van der Waals surface area contributed by atoms with E-state index in [4.69, 9.17) is 0 Å². The number of thioether (sulfide) groups is 1. The van der Waals surface area contributed by atoms with Gasteiger partial charge in [0.15, 0.2) is 0 Å². The Kier molecular flexibility index (Phi) is 5.16. The minimum atomic E-state index is -1.09. The second-order valence-corrected chi connectivity index (χ2v) is 3.13. The van der Waals surface area contributed by atoms with Crippen molar-refractivity contribution in [1.82, 2.24) is 5.32 Å². The standard InChI is InChI=1S/C5H7NO3S.Na/c7-3-1-4(6-3)10-2-5(8)9;/h4H,1-2H2,(H,6,7)(H,8,9);/q;+1/p-1. The first-order valence-corrected chi connectivity index (χ1v) is 3.84. The van der Waals surface area contributed by atoms with Crippen molar-refractivity contribution >= 4 is 23.6 Å². The molecule has 1 amide bonds. The summed E-state index contributed by atoms with van der Waals surface area (Å²) in [6.07, 6.45) is 0.429. The molecular weight excluding hydrogens is 177 g/mol. The first kappa shape index (κ1) is 11.3. The number of rotatable bonds is 3. The molecule has 0 aliphatic carbocycles. The van der Waals surface area contributed by atoms with Gasteiger partial charge in [0, 0.05) is 5.75 Å². The number of amides is 1. The fourth-order valence-corrected chi connectivity index (χ4v) is 1.42. The van der Waals surface area contributed by atoms with Crippen LogP contribution in [0.15, 0.2) is 0 Å². The Hall–Kier alpha value is 0.290. The van der Waals surface area contributed by atoms with Crippen LogP contribution in [-0.4, -0.2) is 23.0 Å². The number of aliphatic carboxylic acids is 1. The summed E-state index contributed by atoms with van der Waals surface area (Å²) in [7, 11) is 0. The maximum absolute atomic E-state index is 10.3. The zero-order valence-corrected chi connectivity index (χ0v) is 8.94. The molecule has 0 saturated carbocycles. The van der Waals surface area contributed by atoms with Crippen LogP contribution in [0.2, 0.25) is 0 Å². The maximum atomic E-state index is 10.3. The predicted octanol–water partition coefficient (Wildman–Crippen LogP) is -4.68. The van der Waals surface area contributed by atoms with Gasteiger partial charge in [0.05, 0.1) is 17.8 Å². The molecule has 0 aromatic carbocycles. The number of hydrogen-bond acceptors (Lipinski definition) is 4. The van der Waals surface area contributed by atoms with E-state index in [1.165, 1.54) is 11.8 Å². The van der Waals surface area contributed by atoms with E-state index in [-0.39, 0.29) is 46.6 Å². The Morgan fingerprint density at radius 3 is 2.73 bits per heavy atom. The van der Waals surface area contributed by atoms with E-state index < -0.39 is 5.97 Å². The molecule has 0 spiro atoms. The molecule has 1 unspecified atom stereocenters. The number of β-lactam (4-membered cyclic amide) rings is 1. The van der Waals surface area contributed by atoms with Gasteiger partial charge in [-0.25, -0.2) is 0 Å². The van der Waals surface area contributed by atoms with E-state index in [9.17, 15) is 14.7 Å². The van der Waals surface area contributed by atoms with Crippen LogP contribution < -0.4 is 40.0 Å². The van der Waals surface area contributed by atoms with Crippen LogP contribution in [0.4, 0.5) is 0 Å². The smallest absolute Gasteiger partial charge is 0.549 e. The summed E-state index contributed by atoms with van der Waals surface area (Å²) in [6, 6.07) is 0. The molecule has 56 valence electrons. The average molecular weight is 183 g/mol. The van der Waals surface area contributed by atoms with Crippen molar-refractivity contribution in [3.63, 3.8) is 0 Å². The molecule has 0 radical (unpaired) electrons. The van der Waals surface area contributed by atoms with Crippen LogP contribution in [0.3, 0.4) is 0 Å². The number of carboxylic acids is 1. The van der Waals surface area contributed by atoms with E-state index in [0.29, 0.717) is 6.42 Å². The molecule has 1 aliphatic heterocycles. The van der Waals surface area contributed by atoms with Crippen molar-refractivity contribution in [3.05, 3.63) is 0 Å². The number of hydrogen-bond donors (Lipinski definition) is 1. The summed E-state index contributed by atoms with van der Waals surface area (Å²) in [6.45, 7) is 0. The summed E-state index contributed by atoms with van der Waals surface area (Å²) >= 11 is 1.18. The van der Waals surface area contributed by atoms with Gasteiger partial charge in [0.25, 0.3) is 0 Å². The first-order valence-electron chi connectivity index (χ1n) is 2.79. The van der Waals surface area contributed by atoms with Crippen molar-refractivity contribution in [3.8, 4) is 0 Å². The molecule has 1 N–H and O–H groups in total. The topological polar surface area (TPSA) is 69.2 Å². The minimum absolute atomic E-state index is 0. The van der Waals surface area contributed by atoms with E-state index >= 15 is 0 Å². The number of carboxylic acid groups (broad SMARTS) is 1. The maximum Gasteiger partial charge on any atom is 1.00 e. The van der Waals surface area contributed by atoms with E-state index in [1.54, 1.807) is 0 Å². The van der Waals surface area contributed by atoms with Gasteiger partial charge in [-0.1, -0.05) is 0 Å². The molecule has 1 atom stereocenters. The predicted molar refractivity (Wildman–Crippen MR) is 34.0 cm³/mol. The van der Waals surface area contributed by atoms with Crippen LogP contribution >= 0.6 is 11.8 Å². The molecule has 1 saturated heterocycles. The SMILES string of the molecule is O=C([O-])CSC1CC(=O)N1.[Na+]. The molecular formula is C5H6NNaO3S. The fraction of sp³-hybridized carbons (Fsp3) is 0.600. The average Bonchev–Trinajstić information content (AvgIpc) is 1.77. The third-order valence-corrected chi connectivity index (χ3v) is 2.18. The molecule has 4 nitrogen and oxygen atoms in total. The van der Waals surface area contributed by atoms with Crippen molar-refractivity contribution in [1.29, 1.82) is 0 Å². The Morgan fingerprint density at radius 1 is 1.82 bits per heavy atom. The summed E-state index contributed by atoms with van der Waals surface area (Å²) < 4.78 is 0. The van der Waals surface area contributed by atoms with Crippen LogP contribution in [-0.2, 0) is 9.59 Å². The molecule has 11 heavy (non-hydrogen) atoms. The van der Waals surface area contributed by atoms with E-state index in [0.717, 1.165) is 0 Å². The van der Waals surface area contributed by atoms with E-state index in [2.05, 4.69) is 5.32 Å². The summed E-state index contributed by atoms with van der Waals surface area (Å²) in [5, 5.41) is 12.4. The Balaban J connectivity index is 0.000001000. The van der Waals surface area contributed by atoms with Gasteiger partial charge in [-0.15, -0.1) is 11.8 Å². The molecule has 6 heteroatoms. The van der Waals surface area contributed by atoms with Crippen molar-refractivity contribution in [2.75, 3.05) is 5.75 Å². The van der Waals surface area contributed by atoms with Crippen molar-refractivity contribution < 1.29 is 44.3 Å². The molecule has 0 bridgehead atoms. The van der Waals surface area contributed by atoms with Gasteiger partial charge < -0.3 is 15.2 Å². The minimum Gasteiger partial charge on any atom is -0.549 e. The van der Waals surface area contributed by atoms with Crippen LogP contribution in [0.1, 0.15) is 6.42 Å². The van der Waals surface area contributed by atoms with E-state index in [1.807, 2.05) is 0 Å². The zero-order chi connectivity index (χ0) is 7.56. The zero-order valence-electron chi connectivity index (χ0n) is 6.12. The number of nitrogens with one attached hydrogen (secondary N) is 1. The monoisotopic (exact) mass is 183 g/mol. The van der Waals surface area contributed by atoms with Gasteiger partial charge in [-0.05, 0) is 0 Å². The quantitative estimate of drug-likeness (QED) is 0.353. The van der Waals surface area contributed by atoms with Gasteiger partial charge in [0.2, 0.25) is 5.91 Å². The van der Waals surface area contributed by atoms with Gasteiger partial charge >= 0.3 is 29.6 Å². The van der Waals surface area contributed by atoms with Crippen LogP contribution in [0, 0.1) is 0 Å². The second kappa shape index (κ2) is 5.03. The molecule has 1 fully saturated rings. The summed E-state index contributed by atoms with van der Waals surface area (Å²) in [4.78, 5) is 20.1. The molecule has 0 aromatic rings.